The van der Waals surface area contributed by atoms with Gasteiger partial charge < -0.3 is 14.8 Å². The number of hydrogen-bond acceptors (Lipinski definition) is 4. The lowest BCUT2D eigenvalue weighted by molar-refractivity contribution is -0.155. The van der Waals surface area contributed by atoms with Crippen LogP contribution in [-0.2, 0) is 14.3 Å². The molecule has 0 spiro atoms. The Balaban J connectivity index is 1.85. The minimum Gasteiger partial charge on any atom is -0.465 e. The minimum absolute atomic E-state index is 0.113. The molecule has 2 saturated carbocycles. The molecule has 4 nitrogen and oxygen atoms in total. The number of hydrogen-bond donors (Lipinski definition) is 1. The van der Waals surface area contributed by atoms with Crippen LogP contribution in [0.4, 0.5) is 0 Å². The Labute approximate surface area is 129 Å². The van der Waals surface area contributed by atoms with E-state index in [4.69, 9.17) is 9.47 Å². The Hall–Kier alpha value is -0.610. The van der Waals surface area contributed by atoms with Crippen molar-refractivity contribution in [3.05, 3.63) is 0 Å². The number of carbonyl (C=O) groups excluding carboxylic acids is 1. The van der Waals surface area contributed by atoms with Crippen LogP contribution in [0.15, 0.2) is 0 Å². The highest BCUT2D eigenvalue weighted by Crippen LogP contribution is 2.32. The molecule has 2 fully saturated rings. The van der Waals surface area contributed by atoms with Gasteiger partial charge in [0.2, 0.25) is 0 Å². The third kappa shape index (κ3) is 4.43. The third-order valence-electron chi connectivity index (χ3n) is 5.14. The average molecular weight is 297 g/mol. The van der Waals surface area contributed by atoms with Crippen molar-refractivity contribution in [1.82, 2.24) is 5.32 Å². The monoisotopic (exact) mass is 297 g/mol. The molecule has 0 aromatic carbocycles. The number of likely N-dealkylation sites (N-methyl/N-ethyl adjacent to an activating group) is 1. The fourth-order valence-electron chi connectivity index (χ4n) is 3.78. The van der Waals surface area contributed by atoms with Crippen molar-refractivity contribution in [2.24, 2.45) is 5.92 Å². The van der Waals surface area contributed by atoms with Crippen molar-refractivity contribution in [1.29, 1.82) is 0 Å². The predicted octanol–water partition coefficient (Wildman–Crippen LogP) is 3.05. The van der Waals surface area contributed by atoms with Crippen LogP contribution >= 0.6 is 0 Å². The molecule has 2 unspecified atom stereocenters. The number of esters is 1. The Morgan fingerprint density at radius 3 is 2.62 bits per heavy atom. The van der Waals surface area contributed by atoms with Crippen LogP contribution in [0.25, 0.3) is 0 Å². The number of ether oxygens (including phenoxy) is 2. The topological polar surface area (TPSA) is 47.6 Å². The quantitative estimate of drug-likeness (QED) is 0.766. The summed E-state index contributed by atoms with van der Waals surface area (Å²) in [6, 6.07) is 0. The molecule has 0 aromatic heterocycles. The van der Waals surface area contributed by atoms with E-state index in [-0.39, 0.29) is 12.1 Å². The smallest absolute Gasteiger partial charge is 0.326 e. The lowest BCUT2D eigenvalue weighted by atomic mass is 9.80. The van der Waals surface area contributed by atoms with Gasteiger partial charge in [0, 0.05) is 13.0 Å². The minimum atomic E-state index is -0.536. The van der Waals surface area contributed by atoms with Gasteiger partial charge in [-0.2, -0.15) is 0 Å². The molecule has 0 saturated heterocycles. The van der Waals surface area contributed by atoms with E-state index in [1.807, 2.05) is 14.0 Å². The third-order valence-corrected chi connectivity index (χ3v) is 5.14. The molecule has 4 heteroatoms. The zero-order chi connectivity index (χ0) is 15.1. The van der Waals surface area contributed by atoms with Crippen molar-refractivity contribution in [2.45, 2.75) is 76.4 Å². The molecular formula is C17H31NO3. The largest absolute Gasteiger partial charge is 0.465 e. The molecule has 0 amide bonds. The molecule has 21 heavy (non-hydrogen) atoms. The highest BCUT2D eigenvalue weighted by molar-refractivity contribution is 5.81. The van der Waals surface area contributed by atoms with E-state index in [9.17, 15) is 4.79 Å². The van der Waals surface area contributed by atoms with Gasteiger partial charge >= 0.3 is 5.97 Å². The summed E-state index contributed by atoms with van der Waals surface area (Å²) in [7, 11) is 1.86. The van der Waals surface area contributed by atoms with Crippen molar-refractivity contribution >= 4 is 5.97 Å². The fraction of sp³-hybridized carbons (Fsp3) is 0.941. The van der Waals surface area contributed by atoms with Crippen molar-refractivity contribution in [3.63, 3.8) is 0 Å². The van der Waals surface area contributed by atoms with Crippen LogP contribution in [0.2, 0.25) is 0 Å². The van der Waals surface area contributed by atoms with Crippen molar-refractivity contribution in [2.75, 3.05) is 20.3 Å². The highest BCUT2D eigenvalue weighted by Gasteiger charge is 2.43. The molecule has 1 N–H and O–H groups in total. The van der Waals surface area contributed by atoms with Crippen LogP contribution in [0.5, 0.6) is 0 Å². The molecule has 122 valence electrons. The Morgan fingerprint density at radius 1 is 1.19 bits per heavy atom. The van der Waals surface area contributed by atoms with Gasteiger partial charge in [-0.05, 0) is 52.0 Å². The van der Waals surface area contributed by atoms with E-state index >= 15 is 0 Å². The van der Waals surface area contributed by atoms with Crippen LogP contribution < -0.4 is 5.32 Å². The maximum atomic E-state index is 12.3. The number of nitrogens with one attached hydrogen (secondary N) is 1. The molecule has 2 aliphatic carbocycles. The first-order valence-corrected chi connectivity index (χ1v) is 8.68. The summed E-state index contributed by atoms with van der Waals surface area (Å²) >= 11 is 0. The summed E-state index contributed by atoms with van der Waals surface area (Å²) in [5, 5.41) is 3.22. The highest BCUT2D eigenvalue weighted by atomic mass is 16.5. The zero-order valence-electron chi connectivity index (χ0n) is 13.7. The Bertz CT molecular complexity index is 328. The summed E-state index contributed by atoms with van der Waals surface area (Å²) in [4.78, 5) is 12.3. The van der Waals surface area contributed by atoms with Crippen LogP contribution in [0.3, 0.4) is 0 Å². The van der Waals surface area contributed by atoms with Gasteiger partial charge in [-0.1, -0.05) is 19.3 Å². The van der Waals surface area contributed by atoms with Crippen LogP contribution in [-0.4, -0.2) is 37.9 Å². The summed E-state index contributed by atoms with van der Waals surface area (Å²) in [5.41, 5.74) is -0.536. The zero-order valence-corrected chi connectivity index (χ0v) is 13.7. The van der Waals surface area contributed by atoms with Crippen LogP contribution in [0.1, 0.15) is 64.7 Å². The Kier molecular flexibility index (Phi) is 6.49. The second-order valence-corrected chi connectivity index (χ2v) is 6.61. The maximum Gasteiger partial charge on any atom is 0.326 e. The van der Waals surface area contributed by atoms with Crippen molar-refractivity contribution in [3.8, 4) is 0 Å². The number of carbonyl (C=O) groups is 1. The average Bonchev–Trinajstić information content (AvgIpc) is 2.54. The summed E-state index contributed by atoms with van der Waals surface area (Å²) in [6.07, 6.45) is 10.6. The molecule has 0 heterocycles. The first-order valence-electron chi connectivity index (χ1n) is 8.68. The SMILES string of the molecule is CCOC(=O)C1(NC)CCCC(OCC2CCCCC2)C1. The summed E-state index contributed by atoms with van der Waals surface area (Å²) in [5.74, 6) is 0.616. The normalized spacial score (nSPS) is 31.0. The van der Waals surface area contributed by atoms with Crippen molar-refractivity contribution < 1.29 is 14.3 Å². The van der Waals surface area contributed by atoms with Gasteiger partial charge in [0.05, 0.1) is 12.7 Å². The lowest BCUT2D eigenvalue weighted by Gasteiger charge is -2.39. The van der Waals surface area contributed by atoms with Gasteiger partial charge in [-0.15, -0.1) is 0 Å². The molecule has 0 aliphatic heterocycles. The van der Waals surface area contributed by atoms with E-state index in [1.54, 1.807) is 0 Å². The molecule has 2 rings (SSSR count). The molecule has 0 aromatic rings. The molecule has 2 aliphatic rings. The number of rotatable bonds is 6. The van der Waals surface area contributed by atoms with E-state index in [1.165, 1.54) is 32.1 Å². The van der Waals surface area contributed by atoms with E-state index in [2.05, 4.69) is 5.32 Å². The van der Waals surface area contributed by atoms with Crippen LogP contribution in [0, 0.1) is 5.92 Å². The second-order valence-electron chi connectivity index (χ2n) is 6.61. The first-order chi connectivity index (χ1) is 10.2. The molecule has 0 radical (unpaired) electrons. The van der Waals surface area contributed by atoms with Gasteiger partial charge in [0.1, 0.15) is 5.54 Å². The molecular weight excluding hydrogens is 266 g/mol. The molecule has 0 bridgehead atoms. The lowest BCUT2D eigenvalue weighted by Crippen LogP contribution is -2.55. The summed E-state index contributed by atoms with van der Waals surface area (Å²) < 4.78 is 11.4. The predicted molar refractivity (Wildman–Crippen MR) is 83.2 cm³/mol. The first kappa shape index (κ1) is 16.8. The second kappa shape index (κ2) is 8.14. The molecule has 2 atom stereocenters. The van der Waals surface area contributed by atoms with Gasteiger partial charge in [-0.3, -0.25) is 4.79 Å². The van der Waals surface area contributed by atoms with Gasteiger partial charge in [0.25, 0.3) is 0 Å². The standard InChI is InChI=1S/C17H31NO3/c1-3-20-16(19)17(18-2)11-7-10-15(12-17)21-13-14-8-5-4-6-9-14/h14-15,18H,3-13H2,1-2H3. The Morgan fingerprint density at radius 2 is 1.95 bits per heavy atom. The maximum absolute atomic E-state index is 12.3. The fourth-order valence-corrected chi connectivity index (χ4v) is 3.78. The van der Waals surface area contributed by atoms with Gasteiger partial charge in [-0.25, -0.2) is 0 Å². The van der Waals surface area contributed by atoms with E-state index < -0.39 is 5.54 Å². The van der Waals surface area contributed by atoms with E-state index in [0.717, 1.165) is 38.2 Å². The summed E-state index contributed by atoms with van der Waals surface area (Å²) in [6.45, 7) is 3.17. The van der Waals surface area contributed by atoms with E-state index in [0.29, 0.717) is 6.61 Å². The van der Waals surface area contributed by atoms with Gasteiger partial charge in [0.15, 0.2) is 0 Å².